The number of aliphatic hydroxyl groups is 1. The van der Waals surface area contributed by atoms with Gasteiger partial charge in [-0.25, -0.2) is 0 Å². The van der Waals surface area contributed by atoms with Crippen LogP contribution in [-0.2, 0) is 0 Å². The van der Waals surface area contributed by atoms with Crippen molar-refractivity contribution in [1.82, 2.24) is 0 Å². The molecule has 0 radical (unpaired) electrons. The normalized spacial score (nSPS) is 25.6. The van der Waals surface area contributed by atoms with Gasteiger partial charge in [-0.05, 0) is 37.5 Å². The molecule has 0 amide bonds. The molecule has 2 saturated carbocycles. The van der Waals surface area contributed by atoms with Crippen LogP contribution in [0.5, 0.6) is 0 Å². The van der Waals surface area contributed by atoms with Crippen LogP contribution in [0.2, 0.25) is 0 Å². The Morgan fingerprint density at radius 3 is 2.00 bits per heavy atom. The molecule has 0 aromatic rings. The molecule has 2 aliphatic carbocycles. The topological polar surface area (TPSA) is 46.2 Å². The Bertz CT molecular complexity index is 225. The van der Waals surface area contributed by atoms with Crippen molar-refractivity contribution in [2.75, 3.05) is 0 Å². The van der Waals surface area contributed by atoms with Gasteiger partial charge in [0.15, 0.2) is 0 Å². The molecular weight excluding hydrogens is 258 g/mol. The summed E-state index contributed by atoms with van der Waals surface area (Å²) in [7, 11) is 0. The van der Waals surface area contributed by atoms with E-state index in [4.69, 9.17) is 5.73 Å². The lowest BCUT2D eigenvalue weighted by molar-refractivity contribution is 0.0876. The van der Waals surface area contributed by atoms with E-state index >= 15 is 0 Å². The second-order valence-electron chi connectivity index (χ2n) is 6.62. The third-order valence-electron chi connectivity index (χ3n) is 5.23. The highest BCUT2D eigenvalue weighted by molar-refractivity contribution is 5.85. The zero-order valence-corrected chi connectivity index (χ0v) is 13.0. The zero-order chi connectivity index (χ0) is 12.8. The average molecular weight is 290 g/mol. The van der Waals surface area contributed by atoms with E-state index in [1.54, 1.807) is 0 Å². The van der Waals surface area contributed by atoms with E-state index in [-0.39, 0.29) is 24.6 Å². The van der Waals surface area contributed by atoms with Crippen molar-refractivity contribution in [1.29, 1.82) is 0 Å². The summed E-state index contributed by atoms with van der Waals surface area (Å²) in [6.45, 7) is 0. The van der Waals surface area contributed by atoms with Gasteiger partial charge in [-0.15, -0.1) is 12.4 Å². The lowest BCUT2D eigenvalue weighted by atomic mass is 9.79. The molecule has 2 atom stereocenters. The molecule has 3 heteroatoms. The van der Waals surface area contributed by atoms with Crippen molar-refractivity contribution in [3.05, 3.63) is 0 Å². The fourth-order valence-corrected chi connectivity index (χ4v) is 3.91. The Kier molecular flexibility index (Phi) is 8.36. The molecule has 0 aromatic carbocycles. The third-order valence-corrected chi connectivity index (χ3v) is 5.23. The first kappa shape index (κ1) is 17.3. The number of halogens is 1. The van der Waals surface area contributed by atoms with Crippen molar-refractivity contribution >= 4 is 12.4 Å². The van der Waals surface area contributed by atoms with Crippen LogP contribution in [0.3, 0.4) is 0 Å². The smallest absolute Gasteiger partial charge is 0.0693 e. The van der Waals surface area contributed by atoms with Gasteiger partial charge >= 0.3 is 0 Å². The number of rotatable bonds is 5. The molecule has 2 nitrogen and oxygen atoms in total. The summed E-state index contributed by atoms with van der Waals surface area (Å²) in [5.74, 6) is 1.45. The standard InChI is InChI=1S/C16H31NO.ClH/c17-16(14-9-5-2-6-10-14)15(18)12-11-13-7-3-1-4-8-13;/h13-16,18H,1-12,17H2;1H. The van der Waals surface area contributed by atoms with E-state index < -0.39 is 0 Å². The Labute approximate surface area is 124 Å². The number of hydrogen-bond donors (Lipinski definition) is 2. The van der Waals surface area contributed by atoms with Crippen LogP contribution in [0.15, 0.2) is 0 Å². The minimum atomic E-state index is -0.255. The third kappa shape index (κ3) is 5.61. The van der Waals surface area contributed by atoms with Gasteiger partial charge in [0.1, 0.15) is 0 Å². The summed E-state index contributed by atoms with van der Waals surface area (Å²) in [6, 6.07) is 0.0360. The van der Waals surface area contributed by atoms with Gasteiger partial charge in [-0.1, -0.05) is 51.4 Å². The number of nitrogens with two attached hydrogens (primary N) is 1. The molecule has 114 valence electrons. The van der Waals surface area contributed by atoms with Gasteiger partial charge in [0.2, 0.25) is 0 Å². The van der Waals surface area contributed by atoms with Crippen molar-refractivity contribution in [2.45, 2.75) is 89.2 Å². The van der Waals surface area contributed by atoms with Crippen LogP contribution in [0.25, 0.3) is 0 Å². The van der Waals surface area contributed by atoms with E-state index in [0.29, 0.717) is 5.92 Å². The minimum absolute atomic E-state index is 0. The van der Waals surface area contributed by atoms with Crippen LogP contribution < -0.4 is 5.73 Å². The lowest BCUT2D eigenvalue weighted by Gasteiger charge is -2.31. The largest absolute Gasteiger partial charge is 0.392 e. The maximum Gasteiger partial charge on any atom is 0.0693 e. The summed E-state index contributed by atoms with van der Waals surface area (Å²) in [5.41, 5.74) is 6.26. The van der Waals surface area contributed by atoms with Gasteiger partial charge in [0, 0.05) is 6.04 Å². The molecular formula is C16H32ClNO. The van der Waals surface area contributed by atoms with Gasteiger partial charge < -0.3 is 10.8 Å². The van der Waals surface area contributed by atoms with Crippen molar-refractivity contribution < 1.29 is 5.11 Å². The van der Waals surface area contributed by atoms with Crippen molar-refractivity contribution in [3.8, 4) is 0 Å². The maximum absolute atomic E-state index is 10.3. The molecule has 2 aliphatic rings. The van der Waals surface area contributed by atoms with Crippen LogP contribution >= 0.6 is 12.4 Å². The summed E-state index contributed by atoms with van der Waals surface area (Å²) in [5, 5.41) is 10.3. The van der Waals surface area contributed by atoms with E-state index in [9.17, 15) is 5.11 Å². The molecule has 0 bridgehead atoms. The average Bonchev–Trinajstić information content (AvgIpc) is 2.46. The van der Waals surface area contributed by atoms with Crippen LogP contribution in [0.4, 0.5) is 0 Å². The Morgan fingerprint density at radius 2 is 1.42 bits per heavy atom. The van der Waals surface area contributed by atoms with E-state index in [1.807, 2.05) is 0 Å². The molecule has 2 rings (SSSR count). The molecule has 0 spiro atoms. The molecule has 19 heavy (non-hydrogen) atoms. The van der Waals surface area contributed by atoms with Crippen molar-refractivity contribution in [3.63, 3.8) is 0 Å². The summed E-state index contributed by atoms with van der Waals surface area (Å²) in [6.07, 6.45) is 15.3. The summed E-state index contributed by atoms with van der Waals surface area (Å²) < 4.78 is 0. The highest BCUT2D eigenvalue weighted by Crippen LogP contribution is 2.30. The fourth-order valence-electron chi connectivity index (χ4n) is 3.91. The predicted molar refractivity (Wildman–Crippen MR) is 83.6 cm³/mol. The number of aliphatic hydroxyl groups excluding tert-OH is 1. The van der Waals surface area contributed by atoms with E-state index in [2.05, 4.69) is 0 Å². The molecule has 0 aromatic heterocycles. The van der Waals surface area contributed by atoms with Gasteiger partial charge in [-0.2, -0.15) is 0 Å². The Hall–Kier alpha value is 0.210. The molecule has 0 aliphatic heterocycles. The minimum Gasteiger partial charge on any atom is -0.392 e. The fraction of sp³-hybridized carbons (Fsp3) is 1.00. The Morgan fingerprint density at radius 1 is 0.895 bits per heavy atom. The van der Waals surface area contributed by atoms with Crippen LogP contribution in [0.1, 0.15) is 77.0 Å². The molecule has 2 unspecified atom stereocenters. The SMILES string of the molecule is Cl.NC(C(O)CCC1CCCCC1)C1CCCCC1. The first-order valence-corrected chi connectivity index (χ1v) is 8.21. The zero-order valence-electron chi connectivity index (χ0n) is 12.2. The molecule has 0 saturated heterocycles. The second-order valence-corrected chi connectivity index (χ2v) is 6.62. The van der Waals surface area contributed by atoms with Crippen molar-refractivity contribution in [2.24, 2.45) is 17.6 Å². The van der Waals surface area contributed by atoms with E-state index in [1.165, 1.54) is 70.6 Å². The first-order chi connectivity index (χ1) is 8.77. The van der Waals surface area contributed by atoms with Crippen LogP contribution in [-0.4, -0.2) is 17.3 Å². The van der Waals surface area contributed by atoms with Crippen LogP contribution in [0, 0.1) is 11.8 Å². The summed E-state index contributed by atoms with van der Waals surface area (Å²) >= 11 is 0. The summed E-state index contributed by atoms with van der Waals surface area (Å²) in [4.78, 5) is 0. The maximum atomic E-state index is 10.3. The monoisotopic (exact) mass is 289 g/mol. The molecule has 0 heterocycles. The van der Waals surface area contributed by atoms with Gasteiger partial charge in [0.25, 0.3) is 0 Å². The lowest BCUT2D eigenvalue weighted by Crippen LogP contribution is -2.42. The quantitative estimate of drug-likeness (QED) is 0.802. The van der Waals surface area contributed by atoms with Gasteiger partial charge in [-0.3, -0.25) is 0 Å². The molecule has 2 fully saturated rings. The Balaban J connectivity index is 0.00000180. The van der Waals surface area contributed by atoms with Gasteiger partial charge in [0.05, 0.1) is 6.10 Å². The number of hydrogen-bond acceptors (Lipinski definition) is 2. The van der Waals surface area contributed by atoms with E-state index in [0.717, 1.165) is 12.3 Å². The predicted octanol–water partition coefficient (Wildman–Crippen LogP) is 4.04. The highest BCUT2D eigenvalue weighted by Gasteiger charge is 2.26. The second kappa shape index (κ2) is 9.20. The molecule has 3 N–H and O–H groups in total. The highest BCUT2D eigenvalue weighted by atomic mass is 35.5. The first-order valence-electron chi connectivity index (χ1n) is 8.21.